The molecule has 0 spiro atoms. The second-order valence-corrected chi connectivity index (χ2v) is 4.95. The Morgan fingerprint density at radius 1 is 1.09 bits per heavy atom. The molecule has 1 aliphatic rings. The van der Waals surface area contributed by atoms with Crippen LogP contribution in [0.1, 0.15) is 22.0 Å². The molecule has 5 heteroatoms. The summed E-state index contributed by atoms with van der Waals surface area (Å²) in [5, 5.41) is 2.69. The molecule has 0 aliphatic carbocycles. The molecule has 0 bridgehead atoms. The van der Waals surface area contributed by atoms with E-state index in [4.69, 9.17) is 9.47 Å². The van der Waals surface area contributed by atoms with Crippen molar-refractivity contribution in [1.29, 1.82) is 0 Å². The van der Waals surface area contributed by atoms with Crippen LogP contribution in [0.2, 0.25) is 0 Å². The molecule has 1 N–H and O–H groups in total. The van der Waals surface area contributed by atoms with Gasteiger partial charge < -0.3 is 14.8 Å². The van der Waals surface area contributed by atoms with Crippen molar-refractivity contribution in [3.8, 4) is 5.75 Å². The van der Waals surface area contributed by atoms with Gasteiger partial charge in [0.05, 0.1) is 7.11 Å². The zero-order chi connectivity index (χ0) is 15.5. The van der Waals surface area contributed by atoms with E-state index in [1.54, 1.807) is 43.5 Å². The van der Waals surface area contributed by atoms with Gasteiger partial charge in [0.15, 0.2) is 6.10 Å². The predicted molar refractivity (Wildman–Crippen MR) is 79.9 cm³/mol. The monoisotopic (exact) mass is 297 g/mol. The van der Waals surface area contributed by atoms with Crippen molar-refractivity contribution in [3.63, 3.8) is 0 Å². The topological polar surface area (TPSA) is 64.6 Å². The first-order valence-electron chi connectivity index (χ1n) is 6.89. The number of nitrogens with one attached hydrogen (secondary N) is 1. The van der Waals surface area contributed by atoms with E-state index in [9.17, 15) is 9.59 Å². The van der Waals surface area contributed by atoms with Gasteiger partial charge in [-0.05, 0) is 17.7 Å². The fourth-order valence-corrected chi connectivity index (χ4v) is 2.46. The zero-order valence-corrected chi connectivity index (χ0v) is 12.0. The maximum atomic E-state index is 12.6. The van der Waals surface area contributed by atoms with E-state index in [0.29, 0.717) is 11.3 Å². The molecule has 3 rings (SSSR count). The molecule has 2 atom stereocenters. The van der Waals surface area contributed by atoms with Gasteiger partial charge in [0.2, 0.25) is 5.78 Å². The van der Waals surface area contributed by atoms with E-state index in [1.807, 2.05) is 18.2 Å². The first kappa shape index (κ1) is 14.1. The molecule has 22 heavy (non-hydrogen) atoms. The summed E-state index contributed by atoms with van der Waals surface area (Å²) in [5.74, 6) is 0.486. The van der Waals surface area contributed by atoms with Crippen LogP contribution >= 0.6 is 0 Å². The fourth-order valence-electron chi connectivity index (χ4n) is 2.46. The number of amides is 1. The normalized spacial score (nSPS) is 20.1. The van der Waals surface area contributed by atoms with Gasteiger partial charge in [0, 0.05) is 5.56 Å². The summed E-state index contributed by atoms with van der Waals surface area (Å²) in [5.41, 5.74) is 1.31. The standard InChI is InChI=1S/C17H15NO4/c1-21-13-9-7-11(8-10-13)14-16(22-17(20)18-14)15(19)12-5-3-2-4-6-12/h2-10,14,16H,1H3,(H,18,20)/t14-,16+/m1/s1. The molecular weight excluding hydrogens is 282 g/mol. The Labute approximate surface area is 127 Å². The molecule has 1 saturated heterocycles. The summed E-state index contributed by atoms with van der Waals surface area (Å²) in [7, 11) is 1.58. The summed E-state index contributed by atoms with van der Waals surface area (Å²) in [6.45, 7) is 0. The molecule has 1 amide bonds. The minimum atomic E-state index is -0.872. The molecule has 1 heterocycles. The second kappa shape index (κ2) is 5.89. The van der Waals surface area contributed by atoms with Crippen LogP contribution in [0.3, 0.4) is 0 Å². The molecule has 0 unspecified atom stereocenters. The lowest BCUT2D eigenvalue weighted by Gasteiger charge is -2.16. The summed E-state index contributed by atoms with van der Waals surface area (Å²) in [6, 6.07) is 15.5. The third-order valence-corrected chi connectivity index (χ3v) is 3.60. The van der Waals surface area contributed by atoms with Crippen molar-refractivity contribution in [3.05, 3.63) is 65.7 Å². The number of Topliss-reactive ketones (excluding diaryl/α,β-unsaturated/α-hetero) is 1. The van der Waals surface area contributed by atoms with Gasteiger partial charge in [-0.3, -0.25) is 4.79 Å². The summed E-state index contributed by atoms with van der Waals surface area (Å²) < 4.78 is 10.3. The number of carbonyl (C=O) groups is 2. The number of alkyl carbamates (subject to hydrolysis) is 1. The van der Waals surface area contributed by atoms with Crippen LogP contribution in [0.4, 0.5) is 4.79 Å². The number of cyclic esters (lactones) is 1. The van der Waals surface area contributed by atoms with Gasteiger partial charge in [-0.2, -0.15) is 0 Å². The quantitative estimate of drug-likeness (QED) is 0.881. The van der Waals surface area contributed by atoms with E-state index in [1.165, 1.54) is 0 Å². The van der Waals surface area contributed by atoms with Gasteiger partial charge in [0.1, 0.15) is 11.8 Å². The van der Waals surface area contributed by atoms with E-state index >= 15 is 0 Å². The number of rotatable bonds is 4. The van der Waals surface area contributed by atoms with Crippen LogP contribution in [0.15, 0.2) is 54.6 Å². The van der Waals surface area contributed by atoms with Crippen molar-refractivity contribution in [2.24, 2.45) is 0 Å². The Hall–Kier alpha value is -2.82. The maximum absolute atomic E-state index is 12.6. The minimum absolute atomic E-state index is 0.222. The minimum Gasteiger partial charge on any atom is -0.497 e. The average molecular weight is 297 g/mol. The number of methoxy groups -OCH3 is 1. The highest BCUT2D eigenvalue weighted by Gasteiger charge is 2.40. The molecule has 0 radical (unpaired) electrons. The lowest BCUT2D eigenvalue weighted by atomic mass is 9.95. The summed E-state index contributed by atoms with van der Waals surface area (Å²) in [6.07, 6.45) is -1.46. The molecule has 5 nitrogen and oxygen atoms in total. The van der Waals surface area contributed by atoms with Crippen LogP contribution in [0, 0.1) is 0 Å². The van der Waals surface area contributed by atoms with E-state index in [0.717, 1.165) is 5.56 Å². The SMILES string of the molecule is COc1ccc([C@H]2NC(=O)O[C@@H]2C(=O)c2ccccc2)cc1. The first-order valence-corrected chi connectivity index (χ1v) is 6.89. The van der Waals surface area contributed by atoms with Crippen LogP contribution in [0.5, 0.6) is 5.75 Å². The van der Waals surface area contributed by atoms with E-state index < -0.39 is 18.2 Å². The number of hydrogen-bond acceptors (Lipinski definition) is 4. The molecule has 0 saturated carbocycles. The third kappa shape index (κ3) is 2.65. The van der Waals surface area contributed by atoms with Crippen molar-refractivity contribution in [1.82, 2.24) is 5.32 Å². The van der Waals surface area contributed by atoms with Crippen LogP contribution in [0.25, 0.3) is 0 Å². The van der Waals surface area contributed by atoms with E-state index in [-0.39, 0.29) is 5.78 Å². The Morgan fingerprint density at radius 2 is 1.77 bits per heavy atom. The number of ether oxygens (including phenoxy) is 2. The number of benzene rings is 2. The number of hydrogen-bond donors (Lipinski definition) is 1. The Morgan fingerprint density at radius 3 is 2.41 bits per heavy atom. The van der Waals surface area contributed by atoms with Gasteiger partial charge >= 0.3 is 6.09 Å². The summed E-state index contributed by atoms with van der Waals surface area (Å²) >= 11 is 0. The highest BCUT2D eigenvalue weighted by molar-refractivity contribution is 6.02. The van der Waals surface area contributed by atoms with Crippen molar-refractivity contribution >= 4 is 11.9 Å². The number of carbonyl (C=O) groups excluding carboxylic acids is 2. The van der Waals surface area contributed by atoms with Gasteiger partial charge in [0.25, 0.3) is 0 Å². The van der Waals surface area contributed by atoms with E-state index in [2.05, 4.69) is 5.32 Å². The first-order chi connectivity index (χ1) is 10.7. The highest BCUT2D eigenvalue weighted by atomic mass is 16.6. The van der Waals surface area contributed by atoms with Crippen LogP contribution in [-0.2, 0) is 4.74 Å². The third-order valence-electron chi connectivity index (χ3n) is 3.60. The van der Waals surface area contributed by atoms with Crippen molar-refractivity contribution < 1.29 is 19.1 Å². The molecule has 1 aliphatic heterocycles. The summed E-state index contributed by atoms with van der Waals surface area (Å²) in [4.78, 5) is 24.1. The maximum Gasteiger partial charge on any atom is 0.408 e. The van der Waals surface area contributed by atoms with Crippen molar-refractivity contribution in [2.75, 3.05) is 7.11 Å². The molecular formula is C17H15NO4. The van der Waals surface area contributed by atoms with Crippen LogP contribution in [-0.4, -0.2) is 25.1 Å². The van der Waals surface area contributed by atoms with Gasteiger partial charge in [-0.1, -0.05) is 42.5 Å². The molecule has 0 aromatic heterocycles. The highest BCUT2D eigenvalue weighted by Crippen LogP contribution is 2.28. The lowest BCUT2D eigenvalue weighted by Crippen LogP contribution is -2.29. The average Bonchev–Trinajstić information content (AvgIpc) is 2.97. The largest absolute Gasteiger partial charge is 0.497 e. The molecule has 2 aromatic rings. The second-order valence-electron chi connectivity index (χ2n) is 4.95. The molecule has 2 aromatic carbocycles. The predicted octanol–water partition coefficient (Wildman–Crippen LogP) is 2.73. The van der Waals surface area contributed by atoms with Gasteiger partial charge in [-0.15, -0.1) is 0 Å². The van der Waals surface area contributed by atoms with Crippen LogP contribution < -0.4 is 10.1 Å². The van der Waals surface area contributed by atoms with Gasteiger partial charge in [-0.25, -0.2) is 4.79 Å². The Kier molecular flexibility index (Phi) is 3.78. The molecule has 112 valence electrons. The Balaban J connectivity index is 1.88. The Bertz CT molecular complexity index is 682. The molecule has 1 fully saturated rings. The smallest absolute Gasteiger partial charge is 0.408 e. The van der Waals surface area contributed by atoms with Crippen molar-refractivity contribution in [2.45, 2.75) is 12.1 Å². The fraction of sp³-hybridized carbons (Fsp3) is 0.176. The lowest BCUT2D eigenvalue weighted by molar-refractivity contribution is 0.0721. The zero-order valence-electron chi connectivity index (χ0n) is 12.0. The number of ketones is 1.